The number of para-hydroxylation sites is 1. The van der Waals surface area contributed by atoms with Crippen LogP contribution in [0.2, 0.25) is 0 Å². The van der Waals surface area contributed by atoms with Crippen molar-refractivity contribution in [3.05, 3.63) is 40.9 Å². The van der Waals surface area contributed by atoms with E-state index in [2.05, 4.69) is 10.3 Å². The summed E-state index contributed by atoms with van der Waals surface area (Å²) in [6, 6.07) is 7.33. The molecule has 8 heteroatoms. The number of amides is 2. The van der Waals surface area contributed by atoms with E-state index in [1.54, 1.807) is 11.0 Å². The van der Waals surface area contributed by atoms with Gasteiger partial charge in [-0.1, -0.05) is 19.1 Å². The number of piperidine rings is 1. The lowest BCUT2D eigenvalue weighted by molar-refractivity contribution is -0.136. The van der Waals surface area contributed by atoms with E-state index in [9.17, 15) is 14.4 Å². The van der Waals surface area contributed by atoms with Gasteiger partial charge in [0.2, 0.25) is 17.4 Å². The fourth-order valence-electron chi connectivity index (χ4n) is 3.76. The molecule has 1 aliphatic rings. The van der Waals surface area contributed by atoms with Crippen molar-refractivity contribution in [1.82, 2.24) is 19.8 Å². The average Bonchev–Trinajstić information content (AvgIpc) is 3.13. The lowest BCUT2D eigenvalue weighted by Gasteiger charge is -2.31. The summed E-state index contributed by atoms with van der Waals surface area (Å²) in [5, 5.41) is 3.69. The molecule has 0 spiro atoms. The number of aromatic nitrogens is 2. The largest absolute Gasteiger partial charge is 0.448 e. The zero-order valence-corrected chi connectivity index (χ0v) is 16.4. The van der Waals surface area contributed by atoms with E-state index in [4.69, 9.17) is 4.42 Å². The third-order valence-corrected chi connectivity index (χ3v) is 5.42. The molecule has 0 bridgehead atoms. The first-order valence-electron chi connectivity index (χ1n) is 10.0. The molecular weight excluding hydrogens is 372 g/mol. The van der Waals surface area contributed by atoms with Crippen LogP contribution in [0.1, 0.15) is 26.2 Å². The number of fused-ring (bicyclic) bond motifs is 3. The van der Waals surface area contributed by atoms with E-state index in [1.165, 1.54) is 10.9 Å². The standard InChI is InChI=1S/C21H24N4O4/c1-2-9-22-20(27)14-7-10-24(11-8-14)17(26)12-25-13-23-18-15-5-3-4-6-16(15)29-19(18)21(25)28/h3-6,13-14H,2,7-12H2,1H3,(H,22,27). The highest BCUT2D eigenvalue weighted by Gasteiger charge is 2.27. The summed E-state index contributed by atoms with van der Waals surface area (Å²) in [7, 11) is 0. The zero-order valence-electron chi connectivity index (χ0n) is 16.4. The smallest absolute Gasteiger partial charge is 0.297 e. The van der Waals surface area contributed by atoms with Crippen LogP contribution < -0.4 is 10.9 Å². The Hall–Kier alpha value is -3.16. The topological polar surface area (TPSA) is 97.4 Å². The summed E-state index contributed by atoms with van der Waals surface area (Å²) < 4.78 is 6.94. The van der Waals surface area contributed by atoms with E-state index in [1.807, 2.05) is 25.1 Å². The van der Waals surface area contributed by atoms with Crippen molar-refractivity contribution in [3.63, 3.8) is 0 Å². The van der Waals surface area contributed by atoms with Crippen molar-refractivity contribution in [2.24, 2.45) is 5.92 Å². The van der Waals surface area contributed by atoms with E-state index in [0.717, 1.165) is 11.8 Å². The highest BCUT2D eigenvalue weighted by atomic mass is 16.3. The van der Waals surface area contributed by atoms with Crippen LogP contribution in [0.3, 0.4) is 0 Å². The summed E-state index contributed by atoms with van der Waals surface area (Å²) in [5.41, 5.74) is 0.897. The zero-order chi connectivity index (χ0) is 20.4. The minimum atomic E-state index is -0.367. The minimum Gasteiger partial charge on any atom is -0.448 e. The number of furan rings is 1. The summed E-state index contributed by atoms with van der Waals surface area (Å²) >= 11 is 0. The van der Waals surface area contributed by atoms with Crippen LogP contribution in [0.15, 0.2) is 39.8 Å². The molecule has 1 saturated heterocycles. The van der Waals surface area contributed by atoms with Gasteiger partial charge in [0.25, 0.3) is 5.56 Å². The molecule has 2 amide bonds. The maximum Gasteiger partial charge on any atom is 0.297 e. The van der Waals surface area contributed by atoms with Gasteiger partial charge in [0, 0.05) is 30.9 Å². The van der Waals surface area contributed by atoms with Crippen molar-refractivity contribution >= 4 is 33.9 Å². The molecule has 0 aliphatic carbocycles. The highest BCUT2D eigenvalue weighted by molar-refractivity contribution is 6.01. The Balaban J connectivity index is 1.44. The lowest BCUT2D eigenvalue weighted by Crippen LogP contribution is -2.44. The van der Waals surface area contributed by atoms with Gasteiger partial charge in [-0.3, -0.25) is 19.0 Å². The molecule has 0 radical (unpaired) electrons. The molecule has 0 unspecified atom stereocenters. The molecule has 3 aromatic rings. The molecule has 152 valence electrons. The Bertz CT molecular complexity index is 1110. The van der Waals surface area contributed by atoms with Crippen LogP contribution in [0.25, 0.3) is 22.1 Å². The van der Waals surface area contributed by atoms with Crippen molar-refractivity contribution in [1.29, 1.82) is 0 Å². The number of rotatable bonds is 5. The molecule has 1 N–H and O–H groups in total. The predicted molar refractivity (Wildman–Crippen MR) is 108 cm³/mol. The SMILES string of the molecule is CCCNC(=O)C1CCN(C(=O)Cn2cnc3c(oc4ccccc43)c2=O)CC1. The van der Waals surface area contributed by atoms with E-state index in [0.29, 0.717) is 43.6 Å². The van der Waals surface area contributed by atoms with Gasteiger partial charge >= 0.3 is 0 Å². The number of carbonyl (C=O) groups is 2. The van der Waals surface area contributed by atoms with Crippen LogP contribution in [0.5, 0.6) is 0 Å². The number of hydrogen-bond donors (Lipinski definition) is 1. The Kier molecular flexibility index (Phi) is 5.33. The first-order valence-corrected chi connectivity index (χ1v) is 10.0. The second-order valence-corrected chi connectivity index (χ2v) is 7.40. The normalized spacial score (nSPS) is 15.1. The van der Waals surface area contributed by atoms with Crippen molar-refractivity contribution in [2.75, 3.05) is 19.6 Å². The Morgan fingerprint density at radius 2 is 2.00 bits per heavy atom. The van der Waals surface area contributed by atoms with Gasteiger partial charge in [-0.05, 0) is 31.4 Å². The maximum atomic E-state index is 12.8. The first kappa shape index (κ1) is 19.2. The van der Waals surface area contributed by atoms with Crippen LogP contribution in [0, 0.1) is 5.92 Å². The van der Waals surface area contributed by atoms with Gasteiger partial charge in [-0.25, -0.2) is 4.98 Å². The van der Waals surface area contributed by atoms with Crippen LogP contribution in [0.4, 0.5) is 0 Å². The van der Waals surface area contributed by atoms with Gasteiger partial charge in [-0.2, -0.15) is 0 Å². The summed E-state index contributed by atoms with van der Waals surface area (Å²) in [6.45, 7) is 3.63. The molecular formula is C21H24N4O4. The van der Waals surface area contributed by atoms with E-state index >= 15 is 0 Å². The molecule has 2 aromatic heterocycles. The van der Waals surface area contributed by atoms with Gasteiger partial charge in [0.05, 0.1) is 6.33 Å². The third-order valence-electron chi connectivity index (χ3n) is 5.42. The number of likely N-dealkylation sites (tertiary alicyclic amines) is 1. The summed E-state index contributed by atoms with van der Waals surface area (Å²) in [4.78, 5) is 43.6. The molecule has 29 heavy (non-hydrogen) atoms. The second kappa shape index (κ2) is 8.06. The molecule has 0 saturated carbocycles. The quantitative estimate of drug-likeness (QED) is 0.710. The van der Waals surface area contributed by atoms with Gasteiger partial charge < -0.3 is 14.6 Å². The third kappa shape index (κ3) is 3.74. The molecule has 8 nitrogen and oxygen atoms in total. The van der Waals surface area contributed by atoms with E-state index < -0.39 is 0 Å². The highest BCUT2D eigenvalue weighted by Crippen LogP contribution is 2.24. The summed E-state index contributed by atoms with van der Waals surface area (Å²) in [6.07, 6.45) is 3.57. The van der Waals surface area contributed by atoms with Crippen LogP contribution >= 0.6 is 0 Å². The van der Waals surface area contributed by atoms with Crippen LogP contribution in [-0.2, 0) is 16.1 Å². The predicted octanol–water partition coefficient (Wildman–Crippen LogP) is 1.91. The number of nitrogens with one attached hydrogen (secondary N) is 1. The first-order chi connectivity index (χ1) is 14.1. The maximum absolute atomic E-state index is 12.8. The van der Waals surface area contributed by atoms with Gasteiger partial charge in [0.1, 0.15) is 17.6 Å². The monoisotopic (exact) mass is 396 g/mol. The molecule has 1 aromatic carbocycles. The molecule has 4 rings (SSSR count). The average molecular weight is 396 g/mol. The fourth-order valence-corrected chi connectivity index (χ4v) is 3.76. The number of nitrogens with zero attached hydrogens (tertiary/aromatic N) is 3. The number of carbonyl (C=O) groups excluding carboxylic acids is 2. The van der Waals surface area contributed by atoms with E-state index in [-0.39, 0.29) is 35.4 Å². The lowest BCUT2D eigenvalue weighted by atomic mass is 9.96. The Morgan fingerprint density at radius 3 is 2.76 bits per heavy atom. The molecule has 1 fully saturated rings. The van der Waals surface area contributed by atoms with Crippen molar-refractivity contribution in [2.45, 2.75) is 32.7 Å². The Labute approximate surface area is 167 Å². The van der Waals surface area contributed by atoms with Crippen LogP contribution in [-0.4, -0.2) is 45.9 Å². The van der Waals surface area contributed by atoms with Crippen molar-refractivity contribution < 1.29 is 14.0 Å². The fraction of sp³-hybridized carbons (Fsp3) is 0.429. The molecule has 0 atom stereocenters. The molecule has 1 aliphatic heterocycles. The second-order valence-electron chi connectivity index (χ2n) is 7.40. The number of benzene rings is 1. The van der Waals surface area contributed by atoms with Gasteiger partial charge in [-0.15, -0.1) is 0 Å². The Morgan fingerprint density at radius 1 is 1.24 bits per heavy atom. The number of hydrogen-bond acceptors (Lipinski definition) is 5. The summed E-state index contributed by atoms with van der Waals surface area (Å²) in [5.74, 6) is -0.145. The molecule has 3 heterocycles. The minimum absolute atomic E-state index is 0.0538. The van der Waals surface area contributed by atoms with Crippen molar-refractivity contribution in [3.8, 4) is 0 Å². The van der Waals surface area contributed by atoms with Gasteiger partial charge in [0.15, 0.2) is 0 Å².